The summed E-state index contributed by atoms with van der Waals surface area (Å²) in [4.78, 5) is 12.8. The molecule has 1 aliphatic rings. The maximum absolute atomic E-state index is 13.1. The van der Waals surface area contributed by atoms with Crippen molar-refractivity contribution in [3.63, 3.8) is 0 Å². The van der Waals surface area contributed by atoms with Crippen molar-refractivity contribution in [3.8, 4) is 0 Å². The van der Waals surface area contributed by atoms with Crippen molar-refractivity contribution >= 4 is 27.5 Å². The van der Waals surface area contributed by atoms with E-state index >= 15 is 0 Å². The Morgan fingerprint density at radius 1 is 1.07 bits per heavy atom. The Morgan fingerprint density at radius 3 is 2.30 bits per heavy atom. The van der Waals surface area contributed by atoms with Crippen molar-refractivity contribution in [3.05, 3.63) is 64.2 Å². The van der Waals surface area contributed by atoms with Crippen molar-refractivity contribution in [2.24, 2.45) is 0 Å². The van der Waals surface area contributed by atoms with Gasteiger partial charge in [0, 0.05) is 18.7 Å². The first-order valence-corrected chi connectivity index (χ1v) is 12.3. The fourth-order valence-corrected chi connectivity index (χ4v) is 5.69. The summed E-state index contributed by atoms with van der Waals surface area (Å²) < 4.78 is 27.8. The van der Waals surface area contributed by atoms with Crippen LogP contribution in [-0.2, 0) is 16.4 Å². The number of rotatable bonds is 6. The number of sulfonamides is 1. The second-order valence-corrected chi connectivity index (χ2v) is 10.1. The minimum absolute atomic E-state index is 0.00123. The van der Waals surface area contributed by atoms with E-state index in [9.17, 15) is 13.2 Å². The molecule has 30 heavy (non-hydrogen) atoms. The van der Waals surface area contributed by atoms with Crippen LogP contribution in [0.25, 0.3) is 0 Å². The molecule has 5 nitrogen and oxygen atoms in total. The lowest BCUT2D eigenvalue weighted by Crippen LogP contribution is -2.32. The molecule has 1 saturated heterocycles. The summed E-state index contributed by atoms with van der Waals surface area (Å²) in [6, 6.07) is 12.3. The molecule has 1 atom stereocenters. The molecule has 1 amide bonds. The summed E-state index contributed by atoms with van der Waals surface area (Å²) in [5, 5.41) is 3.09. The summed E-state index contributed by atoms with van der Waals surface area (Å²) in [6.07, 6.45) is 4.69. The lowest BCUT2D eigenvalue weighted by atomic mass is 10.0. The lowest BCUT2D eigenvalue weighted by molar-refractivity contribution is 0.0939. The van der Waals surface area contributed by atoms with E-state index in [2.05, 4.69) is 12.2 Å². The van der Waals surface area contributed by atoms with Crippen LogP contribution in [0, 0.1) is 0 Å². The summed E-state index contributed by atoms with van der Waals surface area (Å²) in [7, 11) is -3.74. The summed E-state index contributed by atoms with van der Waals surface area (Å²) in [6.45, 7) is 4.97. The highest BCUT2D eigenvalue weighted by Gasteiger charge is 2.28. The average Bonchev–Trinajstić information content (AvgIpc) is 3.04. The van der Waals surface area contributed by atoms with Crippen LogP contribution in [0.4, 0.5) is 0 Å². The molecule has 2 aromatic rings. The Balaban J connectivity index is 1.80. The molecule has 1 fully saturated rings. The van der Waals surface area contributed by atoms with Crippen LogP contribution < -0.4 is 5.32 Å². The first-order chi connectivity index (χ1) is 14.3. The minimum atomic E-state index is -3.74. The molecule has 0 spiro atoms. The molecule has 0 radical (unpaired) electrons. The third kappa shape index (κ3) is 5.23. The molecular formula is C23H29ClN2O3S. The molecule has 3 rings (SSSR count). The van der Waals surface area contributed by atoms with E-state index in [1.54, 1.807) is 6.07 Å². The SMILES string of the molecule is CCc1ccc(C(C)NC(=O)c2ccc(Cl)c(S(=O)(=O)N3CCCCCC3)c2)cc1. The van der Waals surface area contributed by atoms with E-state index in [4.69, 9.17) is 11.6 Å². The molecule has 7 heteroatoms. The standard InChI is InChI=1S/C23H29ClN2O3S/c1-3-18-8-10-19(11-9-18)17(2)25-23(27)20-12-13-21(24)22(16-20)30(28,29)26-14-6-4-5-7-15-26/h8-13,16-17H,3-7,14-15H2,1-2H3,(H,25,27). The van der Waals surface area contributed by atoms with E-state index in [-0.39, 0.29) is 27.4 Å². The van der Waals surface area contributed by atoms with Gasteiger partial charge in [0.15, 0.2) is 0 Å². The van der Waals surface area contributed by atoms with Crippen molar-refractivity contribution in [1.82, 2.24) is 9.62 Å². The molecule has 1 unspecified atom stereocenters. The number of hydrogen-bond donors (Lipinski definition) is 1. The summed E-state index contributed by atoms with van der Waals surface area (Å²) >= 11 is 6.24. The van der Waals surface area contributed by atoms with Crippen molar-refractivity contribution < 1.29 is 13.2 Å². The van der Waals surface area contributed by atoms with Gasteiger partial charge in [0.2, 0.25) is 10.0 Å². The first-order valence-electron chi connectivity index (χ1n) is 10.5. The van der Waals surface area contributed by atoms with Crippen LogP contribution in [0.3, 0.4) is 0 Å². The van der Waals surface area contributed by atoms with Crippen molar-refractivity contribution in [2.75, 3.05) is 13.1 Å². The molecule has 0 saturated carbocycles. The lowest BCUT2D eigenvalue weighted by Gasteiger charge is -2.21. The Hall–Kier alpha value is -1.89. The maximum Gasteiger partial charge on any atom is 0.251 e. The Labute approximate surface area is 184 Å². The zero-order valence-electron chi connectivity index (χ0n) is 17.5. The second-order valence-electron chi connectivity index (χ2n) is 7.75. The summed E-state index contributed by atoms with van der Waals surface area (Å²) in [5.74, 6) is -0.328. The van der Waals surface area contributed by atoms with E-state index in [1.807, 2.05) is 31.2 Å². The molecule has 1 aliphatic heterocycles. The van der Waals surface area contributed by atoms with Gasteiger partial charge in [0.05, 0.1) is 11.1 Å². The maximum atomic E-state index is 13.1. The van der Waals surface area contributed by atoms with Gasteiger partial charge in [-0.25, -0.2) is 8.42 Å². The van der Waals surface area contributed by atoms with Gasteiger partial charge in [0.1, 0.15) is 4.90 Å². The van der Waals surface area contributed by atoms with Gasteiger partial charge in [0.25, 0.3) is 5.91 Å². The van der Waals surface area contributed by atoms with Crippen LogP contribution >= 0.6 is 11.6 Å². The van der Waals surface area contributed by atoms with E-state index in [0.29, 0.717) is 13.1 Å². The monoisotopic (exact) mass is 448 g/mol. The van der Waals surface area contributed by atoms with Gasteiger partial charge in [-0.2, -0.15) is 4.31 Å². The Morgan fingerprint density at radius 2 is 1.70 bits per heavy atom. The smallest absolute Gasteiger partial charge is 0.251 e. The predicted molar refractivity (Wildman–Crippen MR) is 120 cm³/mol. The van der Waals surface area contributed by atoms with Crippen LogP contribution in [0.2, 0.25) is 5.02 Å². The molecule has 0 aliphatic carbocycles. The normalized spacial score (nSPS) is 16.6. The number of benzene rings is 2. The average molecular weight is 449 g/mol. The third-order valence-electron chi connectivity index (χ3n) is 5.61. The molecule has 2 aromatic carbocycles. The van der Waals surface area contributed by atoms with Gasteiger partial charge >= 0.3 is 0 Å². The molecule has 1 N–H and O–H groups in total. The highest BCUT2D eigenvalue weighted by molar-refractivity contribution is 7.89. The molecule has 1 heterocycles. The van der Waals surface area contributed by atoms with Gasteiger partial charge in [-0.05, 0) is 55.5 Å². The van der Waals surface area contributed by atoms with Gasteiger partial charge in [-0.15, -0.1) is 0 Å². The van der Waals surface area contributed by atoms with Crippen LogP contribution in [0.15, 0.2) is 47.4 Å². The minimum Gasteiger partial charge on any atom is -0.346 e. The number of halogens is 1. The number of carbonyl (C=O) groups is 1. The topological polar surface area (TPSA) is 66.5 Å². The number of nitrogens with one attached hydrogen (secondary N) is 1. The summed E-state index contributed by atoms with van der Waals surface area (Å²) in [5.41, 5.74) is 2.51. The fraction of sp³-hybridized carbons (Fsp3) is 0.435. The highest BCUT2D eigenvalue weighted by atomic mass is 35.5. The number of carbonyl (C=O) groups excluding carboxylic acids is 1. The van der Waals surface area contributed by atoms with E-state index < -0.39 is 10.0 Å². The number of hydrogen-bond acceptors (Lipinski definition) is 3. The van der Waals surface area contributed by atoms with Gasteiger partial charge < -0.3 is 5.32 Å². The number of aryl methyl sites for hydroxylation is 1. The Kier molecular flexibility index (Phi) is 7.55. The molecule has 0 aromatic heterocycles. The van der Waals surface area contributed by atoms with Crippen LogP contribution in [0.5, 0.6) is 0 Å². The van der Waals surface area contributed by atoms with Crippen molar-refractivity contribution in [1.29, 1.82) is 0 Å². The second kappa shape index (κ2) is 9.94. The van der Waals surface area contributed by atoms with Crippen LogP contribution in [0.1, 0.15) is 67.1 Å². The zero-order chi connectivity index (χ0) is 21.7. The van der Waals surface area contributed by atoms with Crippen molar-refractivity contribution in [2.45, 2.75) is 56.9 Å². The fourth-order valence-electron chi connectivity index (χ4n) is 3.67. The van der Waals surface area contributed by atoms with E-state index in [0.717, 1.165) is 37.7 Å². The third-order valence-corrected chi connectivity index (χ3v) is 7.99. The first kappa shape index (κ1) is 22.8. The molecular weight excluding hydrogens is 420 g/mol. The Bertz CT molecular complexity index is 982. The number of amides is 1. The van der Waals surface area contributed by atoms with Gasteiger partial charge in [-0.1, -0.05) is 55.6 Å². The highest BCUT2D eigenvalue weighted by Crippen LogP contribution is 2.28. The molecule has 162 valence electrons. The van der Waals surface area contributed by atoms with Crippen LogP contribution in [-0.4, -0.2) is 31.7 Å². The predicted octanol–water partition coefficient (Wildman–Crippen LogP) is 4.96. The quantitative estimate of drug-likeness (QED) is 0.679. The van der Waals surface area contributed by atoms with Gasteiger partial charge in [-0.3, -0.25) is 4.79 Å². The number of nitrogens with zero attached hydrogens (tertiary/aromatic N) is 1. The zero-order valence-corrected chi connectivity index (χ0v) is 19.1. The largest absolute Gasteiger partial charge is 0.346 e. The van der Waals surface area contributed by atoms with E-state index in [1.165, 1.54) is 22.0 Å². The molecule has 0 bridgehead atoms.